The predicted octanol–water partition coefficient (Wildman–Crippen LogP) is 2.02. The standard InChI is InChI=1S/C7H9NO/c1-3-4-7-5-8-9-6(7)2/h3-5H,1-2H3/b4-3-. The van der Waals surface area contributed by atoms with Crippen LogP contribution in [-0.4, -0.2) is 5.16 Å². The van der Waals surface area contributed by atoms with E-state index in [9.17, 15) is 0 Å². The van der Waals surface area contributed by atoms with Gasteiger partial charge in [0.1, 0.15) is 5.76 Å². The third-order valence-corrected chi connectivity index (χ3v) is 1.13. The third kappa shape index (κ3) is 1.19. The van der Waals surface area contributed by atoms with Crippen LogP contribution < -0.4 is 0 Å². The second-order valence-electron chi connectivity index (χ2n) is 1.84. The molecular formula is C7H9NO. The molecule has 0 aliphatic carbocycles. The molecular weight excluding hydrogens is 114 g/mol. The lowest BCUT2D eigenvalue weighted by Crippen LogP contribution is -1.66. The van der Waals surface area contributed by atoms with Gasteiger partial charge in [0.15, 0.2) is 0 Å². The molecule has 1 rings (SSSR count). The lowest BCUT2D eigenvalue weighted by Gasteiger charge is -1.80. The summed E-state index contributed by atoms with van der Waals surface area (Å²) in [5.74, 6) is 0.869. The molecule has 1 aromatic rings. The molecule has 2 nitrogen and oxygen atoms in total. The highest BCUT2D eigenvalue weighted by atomic mass is 16.5. The van der Waals surface area contributed by atoms with Gasteiger partial charge < -0.3 is 4.52 Å². The van der Waals surface area contributed by atoms with E-state index in [0.717, 1.165) is 11.3 Å². The maximum Gasteiger partial charge on any atom is 0.140 e. The van der Waals surface area contributed by atoms with Crippen molar-refractivity contribution in [3.05, 3.63) is 23.6 Å². The lowest BCUT2D eigenvalue weighted by molar-refractivity contribution is 0.397. The van der Waals surface area contributed by atoms with E-state index in [2.05, 4.69) is 5.16 Å². The van der Waals surface area contributed by atoms with Crippen molar-refractivity contribution in [2.45, 2.75) is 13.8 Å². The lowest BCUT2D eigenvalue weighted by atomic mass is 10.2. The highest BCUT2D eigenvalue weighted by molar-refractivity contribution is 5.48. The number of rotatable bonds is 1. The van der Waals surface area contributed by atoms with Crippen molar-refractivity contribution in [1.82, 2.24) is 5.16 Å². The summed E-state index contributed by atoms with van der Waals surface area (Å²) in [6, 6.07) is 0. The summed E-state index contributed by atoms with van der Waals surface area (Å²) in [6.45, 7) is 3.86. The first-order valence-electron chi connectivity index (χ1n) is 2.88. The summed E-state index contributed by atoms with van der Waals surface area (Å²) in [6.07, 6.45) is 5.63. The zero-order valence-electron chi connectivity index (χ0n) is 5.59. The van der Waals surface area contributed by atoms with Crippen LogP contribution >= 0.6 is 0 Å². The van der Waals surface area contributed by atoms with Gasteiger partial charge in [-0.2, -0.15) is 0 Å². The SMILES string of the molecule is C/C=C\c1cnoc1C. The molecule has 0 atom stereocenters. The number of allylic oxidation sites excluding steroid dienone is 1. The van der Waals surface area contributed by atoms with Crippen LogP contribution in [0.1, 0.15) is 18.2 Å². The summed E-state index contributed by atoms with van der Waals surface area (Å²) in [5, 5.41) is 3.61. The summed E-state index contributed by atoms with van der Waals surface area (Å²) in [7, 11) is 0. The summed E-state index contributed by atoms with van der Waals surface area (Å²) >= 11 is 0. The van der Waals surface area contributed by atoms with E-state index in [1.807, 2.05) is 26.0 Å². The van der Waals surface area contributed by atoms with Crippen LogP contribution in [0.4, 0.5) is 0 Å². The Morgan fingerprint density at radius 2 is 2.44 bits per heavy atom. The number of aryl methyl sites for hydroxylation is 1. The van der Waals surface area contributed by atoms with E-state index >= 15 is 0 Å². The Morgan fingerprint density at radius 1 is 1.67 bits per heavy atom. The first-order valence-corrected chi connectivity index (χ1v) is 2.88. The Balaban J connectivity index is 2.94. The average Bonchev–Trinajstić information content (AvgIpc) is 2.18. The van der Waals surface area contributed by atoms with Crippen molar-refractivity contribution in [3.63, 3.8) is 0 Å². The molecule has 0 saturated carbocycles. The van der Waals surface area contributed by atoms with Crippen LogP contribution in [0.5, 0.6) is 0 Å². The van der Waals surface area contributed by atoms with Crippen molar-refractivity contribution in [1.29, 1.82) is 0 Å². The molecule has 48 valence electrons. The molecule has 1 heterocycles. The zero-order valence-corrected chi connectivity index (χ0v) is 5.59. The Kier molecular flexibility index (Phi) is 1.68. The molecule has 0 fully saturated rings. The number of aromatic nitrogens is 1. The van der Waals surface area contributed by atoms with Gasteiger partial charge in [-0.25, -0.2) is 0 Å². The molecule has 1 aromatic heterocycles. The first kappa shape index (κ1) is 6.08. The molecule has 0 aromatic carbocycles. The zero-order chi connectivity index (χ0) is 6.69. The fourth-order valence-corrected chi connectivity index (χ4v) is 0.646. The maximum atomic E-state index is 4.82. The third-order valence-electron chi connectivity index (χ3n) is 1.13. The Morgan fingerprint density at radius 3 is 2.89 bits per heavy atom. The van der Waals surface area contributed by atoms with E-state index < -0.39 is 0 Å². The monoisotopic (exact) mass is 123 g/mol. The van der Waals surface area contributed by atoms with Gasteiger partial charge >= 0.3 is 0 Å². The Bertz CT molecular complexity index is 212. The van der Waals surface area contributed by atoms with Gasteiger partial charge in [-0.1, -0.05) is 17.3 Å². The second kappa shape index (κ2) is 2.49. The highest BCUT2D eigenvalue weighted by Gasteiger charge is 1.94. The molecule has 0 spiro atoms. The Labute approximate surface area is 54.2 Å². The molecule has 0 radical (unpaired) electrons. The number of hydrogen-bond donors (Lipinski definition) is 0. The quantitative estimate of drug-likeness (QED) is 0.571. The average molecular weight is 123 g/mol. The Hall–Kier alpha value is -1.05. The van der Waals surface area contributed by atoms with Gasteiger partial charge in [0, 0.05) is 5.56 Å². The van der Waals surface area contributed by atoms with Crippen LogP contribution in [0.15, 0.2) is 16.8 Å². The number of hydrogen-bond acceptors (Lipinski definition) is 2. The molecule has 0 aliphatic heterocycles. The largest absolute Gasteiger partial charge is 0.361 e. The minimum atomic E-state index is 0.869. The first-order chi connectivity index (χ1) is 4.34. The molecule has 0 unspecified atom stereocenters. The number of nitrogens with zero attached hydrogens (tertiary/aromatic N) is 1. The predicted molar refractivity (Wildman–Crippen MR) is 35.9 cm³/mol. The summed E-state index contributed by atoms with van der Waals surface area (Å²) in [4.78, 5) is 0. The molecule has 2 heteroatoms. The van der Waals surface area contributed by atoms with Crippen molar-refractivity contribution < 1.29 is 4.52 Å². The van der Waals surface area contributed by atoms with Gasteiger partial charge in [0.05, 0.1) is 6.20 Å². The van der Waals surface area contributed by atoms with E-state index in [4.69, 9.17) is 4.52 Å². The van der Waals surface area contributed by atoms with E-state index in [0.29, 0.717) is 0 Å². The minimum absolute atomic E-state index is 0.869. The van der Waals surface area contributed by atoms with Crippen molar-refractivity contribution in [2.75, 3.05) is 0 Å². The molecule has 0 bridgehead atoms. The summed E-state index contributed by atoms with van der Waals surface area (Å²) in [5.41, 5.74) is 1.05. The van der Waals surface area contributed by atoms with Crippen molar-refractivity contribution in [3.8, 4) is 0 Å². The molecule has 0 N–H and O–H groups in total. The van der Waals surface area contributed by atoms with Crippen LogP contribution in [0, 0.1) is 6.92 Å². The molecule has 0 aliphatic rings. The topological polar surface area (TPSA) is 26.0 Å². The van der Waals surface area contributed by atoms with Crippen molar-refractivity contribution >= 4 is 6.08 Å². The fraction of sp³-hybridized carbons (Fsp3) is 0.286. The van der Waals surface area contributed by atoms with Crippen molar-refractivity contribution in [2.24, 2.45) is 0 Å². The van der Waals surface area contributed by atoms with Crippen LogP contribution in [0.25, 0.3) is 6.08 Å². The van der Waals surface area contributed by atoms with Gasteiger partial charge in [-0.15, -0.1) is 0 Å². The smallest absolute Gasteiger partial charge is 0.140 e. The maximum absolute atomic E-state index is 4.82. The van der Waals surface area contributed by atoms with Crippen LogP contribution in [-0.2, 0) is 0 Å². The summed E-state index contributed by atoms with van der Waals surface area (Å²) < 4.78 is 4.82. The molecule has 0 saturated heterocycles. The van der Waals surface area contributed by atoms with Gasteiger partial charge in [-0.05, 0) is 13.8 Å². The minimum Gasteiger partial charge on any atom is -0.361 e. The van der Waals surface area contributed by atoms with Crippen LogP contribution in [0.2, 0.25) is 0 Å². The molecule has 0 amide bonds. The molecule has 9 heavy (non-hydrogen) atoms. The second-order valence-corrected chi connectivity index (χ2v) is 1.84. The normalized spacial score (nSPS) is 10.9. The highest BCUT2D eigenvalue weighted by Crippen LogP contribution is 2.06. The van der Waals surface area contributed by atoms with Crippen LogP contribution in [0.3, 0.4) is 0 Å². The van der Waals surface area contributed by atoms with E-state index in [-0.39, 0.29) is 0 Å². The van der Waals surface area contributed by atoms with Gasteiger partial charge in [-0.3, -0.25) is 0 Å². The fourth-order valence-electron chi connectivity index (χ4n) is 0.646. The van der Waals surface area contributed by atoms with E-state index in [1.54, 1.807) is 6.20 Å². The van der Waals surface area contributed by atoms with Gasteiger partial charge in [0.2, 0.25) is 0 Å². The van der Waals surface area contributed by atoms with E-state index in [1.165, 1.54) is 0 Å². The van der Waals surface area contributed by atoms with Gasteiger partial charge in [0.25, 0.3) is 0 Å².